The van der Waals surface area contributed by atoms with Crippen molar-refractivity contribution in [2.75, 3.05) is 13.2 Å². The Hall–Kier alpha value is -0.570. The number of rotatable bonds is 6. The van der Waals surface area contributed by atoms with Gasteiger partial charge in [-0.3, -0.25) is 4.79 Å². The summed E-state index contributed by atoms with van der Waals surface area (Å²) in [6.07, 6.45) is 8.62. The van der Waals surface area contributed by atoms with E-state index in [1.165, 1.54) is 25.7 Å². The molecular weight excluding hydrogens is 204 g/mol. The highest BCUT2D eigenvalue weighted by Gasteiger charge is 2.16. The van der Waals surface area contributed by atoms with Crippen LogP contribution in [0.2, 0.25) is 0 Å². The SMILES string of the molecule is CCCOCCC(=O)OC1CCCCCC1. The van der Waals surface area contributed by atoms with Gasteiger partial charge in [-0.1, -0.05) is 19.8 Å². The Morgan fingerprint density at radius 2 is 1.81 bits per heavy atom. The van der Waals surface area contributed by atoms with Crippen molar-refractivity contribution in [3.63, 3.8) is 0 Å². The molecule has 1 rings (SSSR count). The minimum Gasteiger partial charge on any atom is -0.462 e. The molecule has 0 amide bonds. The third-order valence-electron chi connectivity index (χ3n) is 2.90. The zero-order valence-electron chi connectivity index (χ0n) is 10.4. The molecule has 16 heavy (non-hydrogen) atoms. The molecule has 0 bridgehead atoms. The van der Waals surface area contributed by atoms with Crippen LogP contribution >= 0.6 is 0 Å². The Balaban J connectivity index is 2.07. The quantitative estimate of drug-likeness (QED) is 0.398. The largest absolute Gasteiger partial charge is 0.462 e. The number of hydrogen-bond donors (Lipinski definition) is 0. The number of esters is 1. The van der Waals surface area contributed by atoms with Crippen molar-refractivity contribution in [3.05, 3.63) is 0 Å². The molecule has 0 radical (unpaired) electrons. The van der Waals surface area contributed by atoms with Crippen LogP contribution in [0.15, 0.2) is 0 Å². The Morgan fingerprint density at radius 1 is 1.12 bits per heavy atom. The van der Waals surface area contributed by atoms with E-state index in [1.54, 1.807) is 0 Å². The predicted octanol–water partition coefficient (Wildman–Crippen LogP) is 3.07. The molecule has 3 nitrogen and oxygen atoms in total. The Kier molecular flexibility index (Phi) is 7.23. The number of carbonyl (C=O) groups excluding carboxylic acids is 1. The molecule has 0 atom stereocenters. The second kappa shape index (κ2) is 8.57. The molecule has 3 heteroatoms. The highest BCUT2D eigenvalue weighted by atomic mass is 16.5. The number of ether oxygens (including phenoxy) is 2. The zero-order valence-corrected chi connectivity index (χ0v) is 10.4. The van der Waals surface area contributed by atoms with Crippen LogP contribution in [0.25, 0.3) is 0 Å². The molecule has 0 aliphatic heterocycles. The molecular formula is C13H24O3. The van der Waals surface area contributed by atoms with Gasteiger partial charge in [0.1, 0.15) is 6.10 Å². The summed E-state index contributed by atoms with van der Waals surface area (Å²) < 4.78 is 10.7. The second-order valence-electron chi connectivity index (χ2n) is 4.47. The van der Waals surface area contributed by atoms with Crippen LogP contribution < -0.4 is 0 Å². The summed E-state index contributed by atoms with van der Waals surface area (Å²) in [5.74, 6) is -0.0944. The molecule has 0 aromatic carbocycles. The van der Waals surface area contributed by atoms with Gasteiger partial charge < -0.3 is 9.47 Å². The molecule has 1 fully saturated rings. The average Bonchev–Trinajstić information content (AvgIpc) is 2.53. The van der Waals surface area contributed by atoms with Gasteiger partial charge in [-0.25, -0.2) is 0 Å². The van der Waals surface area contributed by atoms with Gasteiger partial charge in [-0.2, -0.15) is 0 Å². The molecule has 0 aromatic heterocycles. The van der Waals surface area contributed by atoms with Gasteiger partial charge in [0.05, 0.1) is 13.0 Å². The van der Waals surface area contributed by atoms with Crippen molar-refractivity contribution in [2.45, 2.75) is 64.4 Å². The van der Waals surface area contributed by atoms with Crippen LogP contribution in [-0.4, -0.2) is 25.3 Å². The van der Waals surface area contributed by atoms with Gasteiger partial charge in [-0.15, -0.1) is 0 Å². The van der Waals surface area contributed by atoms with E-state index >= 15 is 0 Å². The summed E-state index contributed by atoms with van der Waals surface area (Å²) in [6, 6.07) is 0. The van der Waals surface area contributed by atoms with Gasteiger partial charge in [0.15, 0.2) is 0 Å². The minimum absolute atomic E-state index is 0.0944. The summed E-state index contributed by atoms with van der Waals surface area (Å²) in [4.78, 5) is 11.5. The number of hydrogen-bond acceptors (Lipinski definition) is 3. The summed E-state index contributed by atoms with van der Waals surface area (Å²) in [5, 5.41) is 0. The van der Waals surface area contributed by atoms with E-state index in [4.69, 9.17) is 9.47 Å². The first kappa shape index (κ1) is 13.5. The fraction of sp³-hybridized carbons (Fsp3) is 0.923. The normalized spacial score (nSPS) is 18.1. The van der Waals surface area contributed by atoms with Crippen molar-refractivity contribution in [2.24, 2.45) is 0 Å². The first-order valence-corrected chi connectivity index (χ1v) is 6.60. The predicted molar refractivity (Wildman–Crippen MR) is 63.3 cm³/mol. The third-order valence-corrected chi connectivity index (χ3v) is 2.90. The number of carbonyl (C=O) groups is 1. The lowest BCUT2D eigenvalue weighted by Gasteiger charge is -2.15. The van der Waals surface area contributed by atoms with E-state index in [1.807, 2.05) is 0 Å². The van der Waals surface area contributed by atoms with E-state index in [9.17, 15) is 4.79 Å². The maximum absolute atomic E-state index is 11.5. The van der Waals surface area contributed by atoms with E-state index in [2.05, 4.69) is 6.92 Å². The standard InChI is InChI=1S/C13H24O3/c1-2-10-15-11-9-13(14)16-12-7-5-3-4-6-8-12/h12H,2-11H2,1H3. The molecule has 0 aromatic rings. The lowest BCUT2D eigenvalue weighted by atomic mass is 10.1. The maximum atomic E-state index is 11.5. The lowest BCUT2D eigenvalue weighted by Crippen LogP contribution is -2.18. The van der Waals surface area contributed by atoms with Crippen LogP contribution in [0.3, 0.4) is 0 Å². The molecule has 1 aliphatic carbocycles. The van der Waals surface area contributed by atoms with Crippen molar-refractivity contribution in [1.82, 2.24) is 0 Å². The van der Waals surface area contributed by atoms with Crippen LogP contribution in [0.1, 0.15) is 58.3 Å². The van der Waals surface area contributed by atoms with E-state index < -0.39 is 0 Å². The maximum Gasteiger partial charge on any atom is 0.308 e. The van der Waals surface area contributed by atoms with Crippen molar-refractivity contribution in [3.8, 4) is 0 Å². The van der Waals surface area contributed by atoms with Crippen molar-refractivity contribution >= 4 is 5.97 Å². The zero-order chi connectivity index (χ0) is 11.6. The van der Waals surface area contributed by atoms with Crippen LogP contribution in [0, 0.1) is 0 Å². The lowest BCUT2D eigenvalue weighted by molar-refractivity contribution is -0.150. The van der Waals surface area contributed by atoms with E-state index in [0.29, 0.717) is 13.0 Å². The summed E-state index contributed by atoms with van der Waals surface area (Å²) in [6.45, 7) is 3.29. The topological polar surface area (TPSA) is 35.5 Å². The van der Waals surface area contributed by atoms with Gasteiger partial charge >= 0.3 is 5.97 Å². The summed E-state index contributed by atoms with van der Waals surface area (Å²) in [5.41, 5.74) is 0. The molecule has 0 saturated heterocycles. The van der Waals surface area contributed by atoms with Gasteiger partial charge in [0, 0.05) is 6.61 Å². The second-order valence-corrected chi connectivity index (χ2v) is 4.47. The Morgan fingerprint density at radius 3 is 2.44 bits per heavy atom. The van der Waals surface area contributed by atoms with Gasteiger partial charge in [0.25, 0.3) is 0 Å². The van der Waals surface area contributed by atoms with Crippen molar-refractivity contribution in [1.29, 1.82) is 0 Å². The van der Waals surface area contributed by atoms with Crippen LogP contribution in [0.5, 0.6) is 0 Å². The highest BCUT2D eigenvalue weighted by molar-refractivity contribution is 5.69. The van der Waals surface area contributed by atoms with Gasteiger partial charge in [-0.05, 0) is 32.1 Å². The Bertz CT molecular complexity index is 184. The first-order chi connectivity index (χ1) is 7.83. The fourth-order valence-corrected chi connectivity index (χ4v) is 2.01. The monoisotopic (exact) mass is 228 g/mol. The first-order valence-electron chi connectivity index (χ1n) is 6.60. The van der Waals surface area contributed by atoms with E-state index in [0.717, 1.165) is 25.9 Å². The molecule has 0 N–H and O–H groups in total. The van der Waals surface area contributed by atoms with E-state index in [-0.39, 0.29) is 12.1 Å². The Labute approximate surface area is 98.5 Å². The fourth-order valence-electron chi connectivity index (χ4n) is 2.01. The molecule has 0 spiro atoms. The molecule has 94 valence electrons. The smallest absolute Gasteiger partial charge is 0.308 e. The van der Waals surface area contributed by atoms with Crippen LogP contribution in [-0.2, 0) is 14.3 Å². The molecule has 1 saturated carbocycles. The minimum atomic E-state index is -0.0944. The molecule has 0 unspecified atom stereocenters. The average molecular weight is 228 g/mol. The third kappa shape index (κ3) is 6.11. The highest BCUT2D eigenvalue weighted by Crippen LogP contribution is 2.20. The molecule has 1 aliphatic rings. The summed E-state index contributed by atoms with van der Waals surface area (Å²) in [7, 11) is 0. The van der Waals surface area contributed by atoms with Gasteiger partial charge in [0.2, 0.25) is 0 Å². The van der Waals surface area contributed by atoms with Crippen molar-refractivity contribution < 1.29 is 14.3 Å². The van der Waals surface area contributed by atoms with Crippen LogP contribution in [0.4, 0.5) is 0 Å². The molecule has 0 heterocycles. The summed E-state index contributed by atoms with van der Waals surface area (Å²) >= 11 is 0.